The van der Waals surface area contributed by atoms with Crippen LogP contribution in [0.25, 0.3) is 0 Å². The normalized spacial score (nSPS) is 20.4. The molecule has 1 atom stereocenters. The molecule has 0 spiro atoms. The van der Waals surface area contributed by atoms with Crippen molar-refractivity contribution in [2.45, 2.75) is 32.7 Å². The van der Waals surface area contributed by atoms with Crippen LogP contribution in [0.2, 0.25) is 0 Å². The SMILES string of the molecule is CC(C)CC1NCCc2ccc(Br)cc21. The van der Waals surface area contributed by atoms with Gasteiger partial charge in [0.2, 0.25) is 0 Å². The van der Waals surface area contributed by atoms with Gasteiger partial charge >= 0.3 is 0 Å². The Hall–Kier alpha value is -0.340. The summed E-state index contributed by atoms with van der Waals surface area (Å²) in [4.78, 5) is 0. The molecule has 1 heterocycles. The molecule has 1 unspecified atom stereocenters. The van der Waals surface area contributed by atoms with Gasteiger partial charge in [0.25, 0.3) is 0 Å². The van der Waals surface area contributed by atoms with Gasteiger partial charge in [0.15, 0.2) is 0 Å². The van der Waals surface area contributed by atoms with Crippen molar-refractivity contribution < 1.29 is 0 Å². The molecule has 0 aromatic heterocycles. The predicted molar refractivity (Wildman–Crippen MR) is 68.0 cm³/mol. The number of rotatable bonds is 2. The molecule has 1 aliphatic heterocycles. The van der Waals surface area contributed by atoms with Gasteiger partial charge in [0.05, 0.1) is 0 Å². The molecule has 1 aromatic carbocycles. The first-order valence-electron chi connectivity index (χ1n) is 5.68. The lowest BCUT2D eigenvalue weighted by Gasteiger charge is -2.28. The fourth-order valence-electron chi connectivity index (χ4n) is 2.29. The van der Waals surface area contributed by atoms with E-state index in [1.807, 2.05) is 0 Å². The maximum atomic E-state index is 3.61. The van der Waals surface area contributed by atoms with Crippen LogP contribution in [0.5, 0.6) is 0 Å². The zero-order valence-corrected chi connectivity index (χ0v) is 11.0. The van der Waals surface area contributed by atoms with Gasteiger partial charge in [-0.15, -0.1) is 0 Å². The summed E-state index contributed by atoms with van der Waals surface area (Å²) < 4.78 is 1.19. The summed E-state index contributed by atoms with van der Waals surface area (Å²) in [5.41, 5.74) is 3.01. The second-order valence-corrected chi connectivity index (χ2v) is 5.65. The molecule has 82 valence electrons. The average molecular weight is 268 g/mol. The van der Waals surface area contributed by atoms with Gasteiger partial charge in [-0.3, -0.25) is 0 Å². The minimum Gasteiger partial charge on any atom is -0.310 e. The van der Waals surface area contributed by atoms with Gasteiger partial charge in [-0.25, -0.2) is 0 Å². The van der Waals surface area contributed by atoms with E-state index in [-0.39, 0.29) is 0 Å². The van der Waals surface area contributed by atoms with Crippen molar-refractivity contribution in [2.24, 2.45) is 5.92 Å². The monoisotopic (exact) mass is 267 g/mol. The van der Waals surface area contributed by atoms with Gasteiger partial charge in [-0.2, -0.15) is 0 Å². The number of benzene rings is 1. The highest BCUT2D eigenvalue weighted by molar-refractivity contribution is 9.10. The zero-order valence-electron chi connectivity index (χ0n) is 9.39. The minimum atomic E-state index is 0.547. The van der Waals surface area contributed by atoms with E-state index in [9.17, 15) is 0 Å². The lowest BCUT2D eigenvalue weighted by Crippen LogP contribution is -2.30. The van der Waals surface area contributed by atoms with E-state index in [0.717, 1.165) is 18.9 Å². The lowest BCUT2D eigenvalue weighted by molar-refractivity contribution is 0.414. The molecule has 0 radical (unpaired) electrons. The van der Waals surface area contributed by atoms with E-state index in [1.54, 1.807) is 0 Å². The third kappa shape index (κ3) is 2.61. The van der Waals surface area contributed by atoms with Crippen molar-refractivity contribution >= 4 is 15.9 Å². The molecule has 0 aliphatic carbocycles. The van der Waals surface area contributed by atoms with Crippen LogP contribution in [0.3, 0.4) is 0 Å². The minimum absolute atomic E-state index is 0.547. The molecule has 0 amide bonds. The van der Waals surface area contributed by atoms with Crippen molar-refractivity contribution in [1.82, 2.24) is 5.32 Å². The van der Waals surface area contributed by atoms with Crippen molar-refractivity contribution in [3.63, 3.8) is 0 Å². The van der Waals surface area contributed by atoms with Gasteiger partial charge in [-0.1, -0.05) is 35.8 Å². The number of hydrogen-bond acceptors (Lipinski definition) is 1. The zero-order chi connectivity index (χ0) is 10.8. The molecular formula is C13H18BrN. The number of halogens is 1. The third-order valence-corrected chi connectivity index (χ3v) is 3.47. The number of fused-ring (bicyclic) bond motifs is 1. The van der Waals surface area contributed by atoms with Crippen LogP contribution >= 0.6 is 15.9 Å². The van der Waals surface area contributed by atoms with Gasteiger partial charge in [0.1, 0.15) is 0 Å². The van der Waals surface area contributed by atoms with E-state index in [1.165, 1.54) is 22.0 Å². The Morgan fingerprint density at radius 2 is 2.27 bits per heavy atom. The van der Waals surface area contributed by atoms with Gasteiger partial charge < -0.3 is 5.32 Å². The highest BCUT2D eigenvalue weighted by Crippen LogP contribution is 2.30. The molecule has 1 aliphatic rings. The Balaban J connectivity index is 2.28. The Kier molecular flexibility index (Phi) is 3.47. The molecule has 1 aromatic rings. The molecular weight excluding hydrogens is 250 g/mol. The molecule has 2 heteroatoms. The quantitative estimate of drug-likeness (QED) is 0.862. The van der Waals surface area contributed by atoms with Crippen LogP contribution in [0.4, 0.5) is 0 Å². The molecule has 0 saturated carbocycles. The summed E-state index contributed by atoms with van der Waals surface area (Å²) >= 11 is 3.56. The first kappa shape index (κ1) is 11.2. The van der Waals surface area contributed by atoms with E-state index >= 15 is 0 Å². The smallest absolute Gasteiger partial charge is 0.0325 e. The molecule has 0 saturated heterocycles. The van der Waals surface area contributed by atoms with E-state index in [4.69, 9.17) is 0 Å². The summed E-state index contributed by atoms with van der Waals surface area (Å²) in [7, 11) is 0. The number of nitrogens with one attached hydrogen (secondary N) is 1. The van der Waals surface area contributed by atoms with Crippen LogP contribution in [-0.2, 0) is 6.42 Å². The molecule has 2 rings (SSSR count). The van der Waals surface area contributed by atoms with Crippen LogP contribution in [0.1, 0.15) is 37.4 Å². The van der Waals surface area contributed by atoms with Crippen molar-refractivity contribution in [1.29, 1.82) is 0 Å². The van der Waals surface area contributed by atoms with E-state index < -0.39 is 0 Å². The lowest BCUT2D eigenvalue weighted by atomic mass is 9.89. The highest BCUT2D eigenvalue weighted by atomic mass is 79.9. The van der Waals surface area contributed by atoms with Crippen LogP contribution in [0, 0.1) is 5.92 Å². The Morgan fingerprint density at radius 1 is 1.47 bits per heavy atom. The molecule has 0 bridgehead atoms. The van der Waals surface area contributed by atoms with Crippen molar-refractivity contribution in [2.75, 3.05) is 6.54 Å². The fraction of sp³-hybridized carbons (Fsp3) is 0.538. The average Bonchev–Trinajstić information content (AvgIpc) is 2.18. The predicted octanol–water partition coefficient (Wildman–Crippen LogP) is 3.68. The standard InChI is InChI=1S/C13H18BrN/c1-9(2)7-13-12-8-11(14)4-3-10(12)5-6-15-13/h3-4,8-9,13,15H,5-7H2,1-2H3. The summed E-state index contributed by atoms with van der Waals surface area (Å²) in [6.07, 6.45) is 2.39. The maximum Gasteiger partial charge on any atom is 0.0325 e. The summed E-state index contributed by atoms with van der Waals surface area (Å²) in [6.45, 7) is 5.69. The summed E-state index contributed by atoms with van der Waals surface area (Å²) in [5, 5.41) is 3.61. The maximum absolute atomic E-state index is 3.61. The molecule has 1 N–H and O–H groups in total. The van der Waals surface area contributed by atoms with Crippen molar-refractivity contribution in [3.05, 3.63) is 33.8 Å². The second-order valence-electron chi connectivity index (χ2n) is 4.73. The Labute approximate surface area is 100 Å². The van der Waals surface area contributed by atoms with Crippen molar-refractivity contribution in [3.8, 4) is 0 Å². The first-order chi connectivity index (χ1) is 7.16. The largest absolute Gasteiger partial charge is 0.310 e. The Morgan fingerprint density at radius 3 is 3.00 bits per heavy atom. The molecule has 1 nitrogen and oxygen atoms in total. The highest BCUT2D eigenvalue weighted by Gasteiger charge is 2.20. The first-order valence-corrected chi connectivity index (χ1v) is 6.48. The third-order valence-electron chi connectivity index (χ3n) is 2.98. The number of hydrogen-bond donors (Lipinski definition) is 1. The topological polar surface area (TPSA) is 12.0 Å². The van der Waals surface area contributed by atoms with Gasteiger partial charge in [-0.05, 0) is 48.6 Å². The van der Waals surface area contributed by atoms with Crippen LogP contribution < -0.4 is 5.32 Å². The fourth-order valence-corrected chi connectivity index (χ4v) is 2.67. The van der Waals surface area contributed by atoms with E-state index in [2.05, 4.69) is 53.3 Å². The second kappa shape index (κ2) is 4.67. The van der Waals surface area contributed by atoms with E-state index in [0.29, 0.717) is 6.04 Å². The summed E-state index contributed by atoms with van der Waals surface area (Å²) in [5.74, 6) is 0.743. The van der Waals surface area contributed by atoms with Gasteiger partial charge in [0, 0.05) is 10.5 Å². The van der Waals surface area contributed by atoms with Crippen LogP contribution in [0.15, 0.2) is 22.7 Å². The molecule has 0 fully saturated rings. The molecule has 15 heavy (non-hydrogen) atoms. The summed E-state index contributed by atoms with van der Waals surface area (Å²) in [6, 6.07) is 7.23. The Bertz CT molecular complexity index is 346. The van der Waals surface area contributed by atoms with Crippen LogP contribution in [-0.4, -0.2) is 6.54 Å².